The number of carbonyl (C=O) groups excluding carboxylic acids is 2. The zero-order valence-electron chi connectivity index (χ0n) is 15.7. The molecule has 0 radical (unpaired) electrons. The smallest absolute Gasteiger partial charge is 0.382 e. The van der Waals surface area contributed by atoms with Gasteiger partial charge < -0.3 is 19.3 Å². The number of fused-ring (bicyclic) bond motifs is 1. The molecule has 0 aliphatic carbocycles. The Bertz CT molecular complexity index is 1030. The van der Waals surface area contributed by atoms with E-state index in [2.05, 4.69) is 0 Å². The van der Waals surface area contributed by atoms with Gasteiger partial charge in [-0.05, 0) is 5.56 Å². The van der Waals surface area contributed by atoms with Crippen molar-refractivity contribution in [2.45, 2.75) is 48.6 Å². The normalized spacial score (nSPS) is 33.6. The second-order valence-corrected chi connectivity index (χ2v) is 9.06. The average Bonchev–Trinajstić information content (AvgIpc) is 3.28. The van der Waals surface area contributed by atoms with Crippen LogP contribution in [-0.4, -0.2) is 67.0 Å². The van der Waals surface area contributed by atoms with E-state index in [-0.39, 0.29) is 5.56 Å². The van der Waals surface area contributed by atoms with E-state index in [1.165, 1.54) is 18.2 Å². The van der Waals surface area contributed by atoms with Crippen LogP contribution in [0.2, 0.25) is 0 Å². The number of benzene rings is 1. The molecule has 31 heavy (non-hydrogen) atoms. The number of halogens is 2. The predicted octanol–water partition coefficient (Wildman–Crippen LogP) is 0.417. The molecule has 4 rings (SSSR count). The summed E-state index contributed by atoms with van der Waals surface area (Å²) in [5.74, 6) is -10.9. The summed E-state index contributed by atoms with van der Waals surface area (Å²) in [6.07, 6.45) is -7.46. The number of esters is 2. The molecule has 3 aliphatic heterocycles. The van der Waals surface area contributed by atoms with E-state index in [1.54, 1.807) is 0 Å². The number of aliphatic carboxylic acids is 1. The van der Waals surface area contributed by atoms with Crippen LogP contribution in [0.15, 0.2) is 30.3 Å². The molecule has 1 N–H and O–H groups in total. The molecule has 7 unspecified atom stereocenters. The lowest BCUT2D eigenvalue weighted by atomic mass is 9.84. The monoisotopic (exact) mass is 462 g/mol. The number of hydrogen-bond donors (Lipinski definition) is 1. The van der Waals surface area contributed by atoms with Crippen molar-refractivity contribution < 1.29 is 55.1 Å². The topological polar surface area (TPSA) is 142 Å². The largest absolute Gasteiger partial charge is 0.477 e. The van der Waals surface area contributed by atoms with Gasteiger partial charge in [0.1, 0.15) is 29.5 Å². The third-order valence-corrected chi connectivity index (χ3v) is 7.14. The van der Waals surface area contributed by atoms with Crippen molar-refractivity contribution in [2.24, 2.45) is 5.92 Å². The maximum Gasteiger partial charge on any atom is 0.382 e. The summed E-state index contributed by atoms with van der Waals surface area (Å²) < 4.78 is 73.9. The van der Waals surface area contributed by atoms with Gasteiger partial charge >= 0.3 is 23.8 Å². The quantitative estimate of drug-likeness (QED) is 0.467. The summed E-state index contributed by atoms with van der Waals surface area (Å²) in [5.41, 5.74) is -0.313. The summed E-state index contributed by atoms with van der Waals surface area (Å²) in [6, 6.07) is 6.44. The summed E-state index contributed by atoms with van der Waals surface area (Å²) in [5, 5.41) is 7.39. The van der Waals surface area contributed by atoms with Gasteiger partial charge in [-0.1, -0.05) is 30.3 Å². The van der Waals surface area contributed by atoms with Gasteiger partial charge in [-0.2, -0.15) is 17.2 Å². The zero-order chi connectivity index (χ0) is 22.7. The van der Waals surface area contributed by atoms with Crippen LogP contribution in [0.25, 0.3) is 0 Å². The first-order valence-electron chi connectivity index (χ1n) is 9.06. The Kier molecular flexibility index (Phi) is 5.02. The molecule has 7 atom stereocenters. The third kappa shape index (κ3) is 3.36. The molecule has 168 valence electrons. The highest BCUT2D eigenvalue weighted by Crippen LogP contribution is 2.52. The minimum atomic E-state index is -4.52. The van der Waals surface area contributed by atoms with E-state index >= 15 is 0 Å². The van der Waals surface area contributed by atoms with Crippen LogP contribution in [0, 0.1) is 5.92 Å². The molecule has 10 nitrogen and oxygen atoms in total. The first-order chi connectivity index (χ1) is 14.4. The van der Waals surface area contributed by atoms with E-state index < -0.39 is 75.6 Å². The lowest BCUT2D eigenvalue weighted by molar-refractivity contribution is -0.198. The Morgan fingerprint density at radius 1 is 1.13 bits per heavy atom. The van der Waals surface area contributed by atoms with E-state index in [1.807, 2.05) is 0 Å². The molecule has 3 saturated heterocycles. The number of carboxylic acid groups (broad SMARTS) is 1. The van der Waals surface area contributed by atoms with Crippen molar-refractivity contribution in [3.8, 4) is 0 Å². The molecular weight excluding hydrogens is 446 g/mol. The Morgan fingerprint density at radius 3 is 2.35 bits per heavy atom. The second kappa shape index (κ2) is 7.21. The summed E-state index contributed by atoms with van der Waals surface area (Å²) in [7, 11) is -4.37. The van der Waals surface area contributed by atoms with E-state index in [9.17, 15) is 31.6 Å². The van der Waals surface area contributed by atoms with Gasteiger partial charge in [0.15, 0.2) is 6.10 Å². The molecule has 0 spiro atoms. The molecule has 0 amide bonds. The maximum absolute atomic E-state index is 14.4. The van der Waals surface area contributed by atoms with Crippen LogP contribution < -0.4 is 0 Å². The Labute approximate surface area is 174 Å². The van der Waals surface area contributed by atoms with Gasteiger partial charge in [-0.25, -0.2) is 4.79 Å². The van der Waals surface area contributed by atoms with E-state index in [0.29, 0.717) is 0 Å². The van der Waals surface area contributed by atoms with Crippen molar-refractivity contribution >= 4 is 28.0 Å². The summed E-state index contributed by atoms with van der Waals surface area (Å²) in [6.45, 7) is 1.05. The van der Waals surface area contributed by atoms with E-state index in [4.69, 9.17) is 23.5 Å². The lowest BCUT2D eigenvalue weighted by Crippen LogP contribution is -2.51. The van der Waals surface area contributed by atoms with Crippen molar-refractivity contribution in [3.63, 3.8) is 0 Å². The van der Waals surface area contributed by atoms with Crippen molar-refractivity contribution in [2.75, 3.05) is 0 Å². The first-order valence-corrected chi connectivity index (χ1v) is 10.5. The van der Waals surface area contributed by atoms with Crippen molar-refractivity contribution in [3.05, 3.63) is 35.9 Å². The maximum atomic E-state index is 14.4. The highest BCUT2D eigenvalue weighted by Gasteiger charge is 2.74. The fraction of sp³-hybridized carbons (Fsp3) is 0.500. The average molecular weight is 462 g/mol. The minimum absolute atomic E-state index is 0.313. The third-order valence-electron chi connectivity index (χ3n) is 5.42. The van der Waals surface area contributed by atoms with Crippen molar-refractivity contribution in [1.29, 1.82) is 0 Å². The zero-order valence-corrected chi connectivity index (χ0v) is 16.5. The Hall–Kier alpha value is -2.64. The number of ether oxygens (including phenoxy) is 3. The van der Waals surface area contributed by atoms with Gasteiger partial charge in [-0.15, -0.1) is 0 Å². The molecule has 3 fully saturated rings. The van der Waals surface area contributed by atoms with Crippen LogP contribution in [0.5, 0.6) is 0 Å². The molecule has 2 bridgehead atoms. The van der Waals surface area contributed by atoms with Crippen molar-refractivity contribution in [1.82, 2.24) is 0 Å². The molecule has 0 saturated carbocycles. The van der Waals surface area contributed by atoms with Crippen LogP contribution in [0.4, 0.5) is 8.78 Å². The number of carbonyl (C=O) groups is 3. The number of carboxylic acids is 1. The lowest BCUT2D eigenvalue weighted by Gasteiger charge is -2.29. The molecule has 13 heteroatoms. The van der Waals surface area contributed by atoms with Gasteiger partial charge in [0, 0.05) is 6.92 Å². The molecule has 1 aromatic carbocycles. The second-order valence-electron chi connectivity index (χ2n) is 7.34. The molecule has 0 aromatic heterocycles. The van der Waals surface area contributed by atoms with Crippen LogP contribution in [0.3, 0.4) is 0 Å². The fourth-order valence-corrected chi connectivity index (χ4v) is 6.04. The predicted molar refractivity (Wildman–Crippen MR) is 93.1 cm³/mol. The fourth-order valence-electron chi connectivity index (χ4n) is 4.21. The highest BCUT2D eigenvalue weighted by atomic mass is 32.2. The van der Waals surface area contributed by atoms with Crippen LogP contribution in [0.1, 0.15) is 18.6 Å². The van der Waals surface area contributed by atoms with Gasteiger partial charge in [0.2, 0.25) is 6.10 Å². The first kappa shape index (κ1) is 21.6. The Balaban J connectivity index is 1.68. The highest BCUT2D eigenvalue weighted by molar-refractivity contribution is 7.87. The van der Waals surface area contributed by atoms with Crippen LogP contribution in [-0.2, 0) is 42.9 Å². The van der Waals surface area contributed by atoms with E-state index in [0.717, 1.165) is 19.1 Å². The van der Waals surface area contributed by atoms with Gasteiger partial charge in [-0.3, -0.25) is 13.8 Å². The SMILES string of the molecule is CC(=O)OC1C2OS(=O)(=O)C3C2OC1C3C(=O)OC(c1ccccc1)C(F)(F)C(=O)O. The minimum Gasteiger partial charge on any atom is -0.477 e. The van der Waals surface area contributed by atoms with Gasteiger partial charge in [0.25, 0.3) is 10.1 Å². The Morgan fingerprint density at radius 2 is 1.77 bits per heavy atom. The standard InChI is InChI=1S/C18H16F2O10S/c1-7(21)27-11-10-9(14-13(28-10)12(11)30-31(14,25)26)16(22)29-15(18(19,20)17(23)24)8-5-3-2-4-6-8/h2-6,9-15H,1H3,(H,23,24). The van der Waals surface area contributed by atoms with Gasteiger partial charge in [0.05, 0.1) is 0 Å². The molecule has 1 aromatic rings. The van der Waals surface area contributed by atoms with Crippen LogP contribution >= 0.6 is 0 Å². The molecular formula is C18H16F2O10S. The summed E-state index contributed by atoms with van der Waals surface area (Å²) >= 11 is 0. The summed E-state index contributed by atoms with van der Waals surface area (Å²) in [4.78, 5) is 35.4. The number of rotatable bonds is 6. The molecule has 3 aliphatic rings. The number of alkyl halides is 2. The molecule has 3 heterocycles. The number of hydrogen-bond acceptors (Lipinski definition) is 9.